The maximum Gasteiger partial charge on any atom is 0.186 e. The van der Waals surface area contributed by atoms with Crippen LogP contribution in [0, 0.1) is 45.3 Å². The van der Waals surface area contributed by atoms with Crippen molar-refractivity contribution in [2.75, 3.05) is 6.61 Å². The first kappa shape index (κ1) is 34.5. The Labute approximate surface area is 270 Å². The van der Waals surface area contributed by atoms with E-state index in [4.69, 9.17) is 14.2 Å². The van der Waals surface area contributed by atoms with E-state index in [1.54, 1.807) is 0 Å². The Morgan fingerprint density at radius 2 is 1.44 bits per heavy atom. The number of aliphatic hydroxyl groups excluding tert-OH is 5. The fourth-order valence-electron chi connectivity index (χ4n) is 12.6. The van der Waals surface area contributed by atoms with E-state index < -0.39 is 49.0 Å². The molecule has 6 rings (SSSR count). The molecule has 9 nitrogen and oxygen atoms in total. The minimum atomic E-state index is -1.46. The molecule has 6 fully saturated rings. The van der Waals surface area contributed by atoms with Crippen molar-refractivity contribution in [2.24, 2.45) is 45.3 Å². The lowest BCUT2D eigenvalue weighted by molar-refractivity contribution is -0.332. The Morgan fingerprint density at radius 3 is 2.07 bits per heavy atom. The Hall–Kier alpha value is -0.360. The molecule has 0 aromatic carbocycles. The number of hydrogen-bond acceptors (Lipinski definition) is 9. The van der Waals surface area contributed by atoms with Crippen molar-refractivity contribution in [1.29, 1.82) is 0 Å². The van der Waals surface area contributed by atoms with Crippen LogP contribution in [-0.2, 0) is 14.2 Å². The first-order chi connectivity index (χ1) is 20.7. The summed E-state index contributed by atoms with van der Waals surface area (Å²) in [4.78, 5) is 0. The first-order valence-corrected chi connectivity index (χ1v) is 17.8. The Morgan fingerprint density at radius 1 is 0.778 bits per heavy atom. The number of hydrogen-bond donors (Lipinski definition) is 6. The van der Waals surface area contributed by atoms with Gasteiger partial charge in [0.05, 0.1) is 36.1 Å². The van der Waals surface area contributed by atoms with Crippen molar-refractivity contribution in [3.05, 3.63) is 0 Å². The maximum atomic E-state index is 12.2. The summed E-state index contributed by atoms with van der Waals surface area (Å²) in [7, 11) is 0. The highest BCUT2D eigenvalue weighted by atomic mass is 16.7. The molecule has 2 heterocycles. The molecule has 0 bridgehead atoms. The van der Waals surface area contributed by atoms with E-state index in [0.29, 0.717) is 11.8 Å². The SMILES string of the molecule is CC(C)(O)C1CC[C@](C)(C2CC[C@]3(C)C2[C@H](O)CC2[C@@]4(C)CC[C@H](O[C@@H]5OC(CO)[C@@H](O)[C@H](O)C5O)C(C)(C)C4CC[C@]23C)O1. The van der Waals surface area contributed by atoms with Gasteiger partial charge in [-0.1, -0.05) is 34.6 Å². The van der Waals surface area contributed by atoms with Crippen LogP contribution in [0.2, 0.25) is 0 Å². The molecule has 45 heavy (non-hydrogen) atoms. The minimum absolute atomic E-state index is 0.0153. The molecule has 7 unspecified atom stereocenters. The Kier molecular flexibility index (Phi) is 8.49. The molecule has 0 amide bonds. The van der Waals surface area contributed by atoms with Gasteiger partial charge in [0.15, 0.2) is 6.29 Å². The van der Waals surface area contributed by atoms with Crippen LogP contribution in [0.1, 0.15) is 113 Å². The minimum Gasteiger partial charge on any atom is -0.394 e. The monoisotopic (exact) mass is 638 g/mol. The first-order valence-electron chi connectivity index (χ1n) is 17.8. The Balaban J connectivity index is 1.23. The third-order valence-electron chi connectivity index (χ3n) is 15.4. The van der Waals surface area contributed by atoms with Crippen LogP contribution in [-0.4, -0.2) is 97.5 Å². The maximum absolute atomic E-state index is 12.2. The molecule has 4 saturated carbocycles. The van der Waals surface area contributed by atoms with E-state index in [2.05, 4.69) is 41.5 Å². The third-order valence-corrected chi connectivity index (χ3v) is 15.4. The predicted molar refractivity (Wildman–Crippen MR) is 168 cm³/mol. The van der Waals surface area contributed by atoms with Crippen molar-refractivity contribution in [2.45, 2.75) is 173 Å². The van der Waals surface area contributed by atoms with Crippen LogP contribution in [0.4, 0.5) is 0 Å². The molecule has 6 aliphatic rings. The van der Waals surface area contributed by atoms with Crippen molar-refractivity contribution in [1.82, 2.24) is 0 Å². The van der Waals surface area contributed by atoms with Crippen molar-refractivity contribution in [3.8, 4) is 0 Å². The predicted octanol–water partition coefficient (Wildman–Crippen LogP) is 3.54. The summed E-state index contributed by atoms with van der Waals surface area (Å²) < 4.78 is 18.9. The fourth-order valence-corrected chi connectivity index (χ4v) is 12.6. The summed E-state index contributed by atoms with van der Waals surface area (Å²) in [6.45, 7) is 17.4. The zero-order chi connectivity index (χ0) is 33.1. The topological polar surface area (TPSA) is 149 Å². The van der Waals surface area contributed by atoms with Crippen LogP contribution in [0.25, 0.3) is 0 Å². The average molecular weight is 639 g/mol. The molecule has 6 N–H and O–H groups in total. The van der Waals surface area contributed by atoms with Gasteiger partial charge in [-0.25, -0.2) is 0 Å². The van der Waals surface area contributed by atoms with Gasteiger partial charge < -0.3 is 44.8 Å². The van der Waals surface area contributed by atoms with Crippen LogP contribution in [0.15, 0.2) is 0 Å². The van der Waals surface area contributed by atoms with Gasteiger partial charge in [0.1, 0.15) is 24.4 Å². The number of aliphatic hydroxyl groups is 6. The van der Waals surface area contributed by atoms with Crippen molar-refractivity contribution >= 4 is 0 Å². The van der Waals surface area contributed by atoms with Crippen molar-refractivity contribution < 1.29 is 44.8 Å². The lowest BCUT2D eigenvalue weighted by Crippen LogP contribution is -2.67. The van der Waals surface area contributed by atoms with Crippen molar-refractivity contribution in [3.63, 3.8) is 0 Å². The van der Waals surface area contributed by atoms with Gasteiger partial charge in [0, 0.05) is 0 Å². The summed E-state index contributed by atoms with van der Waals surface area (Å²) in [6.07, 6.45) is 1.20. The van der Waals surface area contributed by atoms with Gasteiger partial charge >= 0.3 is 0 Å². The van der Waals surface area contributed by atoms with E-state index in [-0.39, 0.29) is 51.3 Å². The van der Waals surface area contributed by atoms with Gasteiger partial charge in [-0.3, -0.25) is 0 Å². The van der Waals surface area contributed by atoms with Crippen LogP contribution >= 0.6 is 0 Å². The molecule has 0 radical (unpaired) electrons. The highest BCUT2D eigenvalue weighted by Gasteiger charge is 2.72. The molecule has 2 aliphatic heterocycles. The smallest absolute Gasteiger partial charge is 0.186 e. The van der Waals surface area contributed by atoms with E-state index in [1.807, 2.05) is 13.8 Å². The number of rotatable bonds is 5. The van der Waals surface area contributed by atoms with E-state index >= 15 is 0 Å². The summed E-state index contributed by atoms with van der Waals surface area (Å²) in [5.74, 6) is 1.07. The van der Waals surface area contributed by atoms with Crippen LogP contribution in [0.3, 0.4) is 0 Å². The molecule has 260 valence electrons. The summed E-state index contributed by atoms with van der Waals surface area (Å²) in [5.41, 5.74) is -1.49. The second-order valence-electron chi connectivity index (χ2n) is 18.3. The summed E-state index contributed by atoms with van der Waals surface area (Å²) in [6, 6.07) is 0. The van der Waals surface area contributed by atoms with Gasteiger partial charge in [0.25, 0.3) is 0 Å². The molecule has 2 saturated heterocycles. The van der Waals surface area contributed by atoms with E-state index in [0.717, 1.165) is 57.8 Å². The van der Waals surface area contributed by atoms with Gasteiger partial charge in [-0.15, -0.1) is 0 Å². The molecule has 4 aliphatic carbocycles. The summed E-state index contributed by atoms with van der Waals surface area (Å²) in [5, 5.41) is 63.9. The van der Waals surface area contributed by atoms with Gasteiger partial charge in [-0.2, -0.15) is 0 Å². The molecule has 0 aromatic heterocycles. The molecular formula is C36H62O9. The second kappa shape index (κ2) is 11.1. The second-order valence-corrected chi connectivity index (χ2v) is 18.3. The highest BCUT2D eigenvalue weighted by Crippen LogP contribution is 2.76. The molecule has 9 heteroatoms. The zero-order valence-corrected chi connectivity index (χ0v) is 28.9. The van der Waals surface area contributed by atoms with Crippen LogP contribution in [0.5, 0.6) is 0 Å². The van der Waals surface area contributed by atoms with Gasteiger partial charge in [0.2, 0.25) is 0 Å². The Bertz CT molecular complexity index is 1110. The van der Waals surface area contributed by atoms with E-state index in [9.17, 15) is 30.6 Å². The molecule has 0 spiro atoms. The lowest BCUT2D eigenvalue weighted by Gasteiger charge is -2.70. The van der Waals surface area contributed by atoms with Crippen LogP contribution < -0.4 is 0 Å². The van der Waals surface area contributed by atoms with Gasteiger partial charge in [-0.05, 0) is 124 Å². The van der Waals surface area contributed by atoms with E-state index in [1.165, 1.54) is 0 Å². The number of ether oxygens (including phenoxy) is 3. The molecule has 0 aromatic rings. The molecule has 16 atom stereocenters. The fraction of sp³-hybridized carbons (Fsp3) is 1.00. The quantitative estimate of drug-likeness (QED) is 0.249. The zero-order valence-electron chi connectivity index (χ0n) is 28.9. The standard InChI is InChI=1S/C36H62O9/c1-31(2)22-10-15-34(6)23(33(22,5)13-11-24(31)44-30-29(41)28(40)27(39)21(18-37)43-30)17-20(38)26-19(9-14-35(26,34)7)36(8)16-12-25(45-36)32(3,4)42/h19-30,37-42H,9-18H2,1-8H3/t19?,20-,21?,22?,23?,24+,25?,26?,27-,28+,29?,30+,33+,34-,35-,36-/m1/s1. The number of fused-ring (bicyclic) bond motifs is 5. The normalized spacial score (nSPS) is 56.4. The summed E-state index contributed by atoms with van der Waals surface area (Å²) >= 11 is 0. The largest absolute Gasteiger partial charge is 0.394 e. The third kappa shape index (κ3) is 4.95. The lowest BCUT2D eigenvalue weighted by atomic mass is 9.35. The molecular weight excluding hydrogens is 576 g/mol. The average Bonchev–Trinajstić information content (AvgIpc) is 3.54. The highest BCUT2D eigenvalue weighted by molar-refractivity contribution is 5.20.